The Labute approximate surface area is 173 Å². The number of carbonyl (C=O) groups excluding carboxylic acids is 2. The molecule has 2 amide bonds. The largest absolute Gasteiger partial charge is 0.444 e. The van der Waals surface area contributed by atoms with E-state index in [9.17, 15) is 14.0 Å². The van der Waals surface area contributed by atoms with Crippen molar-refractivity contribution < 1.29 is 18.7 Å². The van der Waals surface area contributed by atoms with E-state index in [0.29, 0.717) is 37.4 Å². The molecule has 1 saturated heterocycles. The van der Waals surface area contributed by atoms with Crippen molar-refractivity contribution in [3.63, 3.8) is 0 Å². The highest BCUT2D eigenvalue weighted by Gasteiger charge is 2.25. The molecule has 0 radical (unpaired) electrons. The summed E-state index contributed by atoms with van der Waals surface area (Å²) in [6.45, 7) is 3.56. The summed E-state index contributed by atoms with van der Waals surface area (Å²) in [5, 5.41) is 8.96. The lowest BCUT2D eigenvalue weighted by atomic mass is 10.1. The number of guanidine groups is 1. The minimum Gasteiger partial charge on any atom is -0.444 e. The third kappa shape index (κ3) is 4.86. The van der Waals surface area contributed by atoms with Crippen LogP contribution >= 0.6 is 0 Å². The van der Waals surface area contributed by atoms with Crippen LogP contribution in [0, 0.1) is 18.2 Å². The van der Waals surface area contributed by atoms with Gasteiger partial charge >= 0.3 is 6.09 Å². The Morgan fingerprint density at radius 1 is 1.13 bits per heavy atom. The van der Waals surface area contributed by atoms with Crippen LogP contribution in [0.25, 0.3) is 0 Å². The average Bonchev–Trinajstić information content (AvgIpc) is 2.72. The highest BCUT2D eigenvalue weighted by Crippen LogP contribution is 2.25. The third-order valence-electron chi connectivity index (χ3n) is 4.94. The molecule has 1 heterocycles. The van der Waals surface area contributed by atoms with Gasteiger partial charge in [-0.3, -0.25) is 15.5 Å². The number of hydrogen-bond acceptors (Lipinski definition) is 5. The van der Waals surface area contributed by atoms with Crippen LogP contribution in [0.15, 0.2) is 42.5 Å². The van der Waals surface area contributed by atoms with Crippen molar-refractivity contribution in [2.24, 2.45) is 5.73 Å². The summed E-state index contributed by atoms with van der Waals surface area (Å²) in [4.78, 5) is 27.9. The zero-order valence-electron chi connectivity index (χ0n) is 16.7. The van der Waals surface area contributed by atoms with Gasteiger partial charge in [0.25, 0.3) is 5.91 Å². The number of nitrogens with zero attached hydrogens (tertiary/aromatic N) is 2. The van der Waals surface area contributed by atoms with E-state index in [1.54, 1.807) is 17.0 Å². The first-order valence-corrected chi connectivity index (χ1v) is 9.52. The molecule has 1 aliphatic heterocycles. The summed E-state index contributed by atoms with van der Waals surface area (Å²) in [6, 6.07) is 12.3. The number of amides is 2. The summed E-state index contributed by atoms with van der Waals surface area (Å²) < 4.78 is 19.8. The van der Waals surface area contributed by atoms with Gasteiger partial charge in [0.1, 0.15) is 6.61 Å². The molecular formula is C21H24FN5O3. The second-order valence-electron chi connectivity index (χ2n) is 6.96. The summed E-state index contributed by atoms with van der Waals surface area (Å²) in [5.74, 6) is -1.05. The Bertz CT molecular complexity index is 957. The van der Waals surface area contributed by atoms with Crippen LogP contribution in [0.4, 0.5) is 14.9 Å². The predicted molar refractivity (Wildman–Crippen MR) is 111 cm³/mol. The van der Waals surface area contributed by atoms with E-state index in [1.807, 2.05) is 41.4 Å². The highest BCUT2D eigenvalue weighted by atomic mass is 19.1. The fourth-order valence-corrected chi connectivity index (χ4v) is 3.34. The molecule has 158 valence electrons. The van der Waals surface area contributed by atoms with Gasteiger partial charge in [-0.25, -0.2) is 9.18 Å². The van der Waals surface area contributed by atoms with Crippen LogP contribution in [0.3, 0.4) is 0 Å². The van der Waals surface area contributed by atoms with E-state index in [-0.39, 0.29) is 18.1 Å². The molecule has 0 spiro atoms. The molecule has 3 rings (SSSR count). The van der Waals surface area contributed by atoms with E-state index < -0.39 is 17.9 Å². The Morgan fingerprint density at radius 3 is 2.50 bits per heavy atom. The maximum absolute atomic E-state index is 14.9. The molecule has 1 aliphatic rings. The first-order valence-electron chi connectivity index (χ1n) is 9.52. The number of nitrogens with one attached hydrogen (secondary N) is 2. The van der Waals surface area contributed by atoms with Crippen molar-refractivity contribution >= 4 is 23.6 Å². The highest BCUT2D eigenvalue weighted by molar-refractivity contribution is 5.95. The Hall–Kier alpha value is -3.62. The van der Waals surface area contributed by atoms with Crippen molar-refractivity contribution in [1.82, 2.24) is 10.2 Å². The van der Waals surface area contributed by atoms with Crippen LogP contribution in [0.1, 0.15) is 21.5 Å². The molecule has 0 unspecified atom stereocenters. The number of ether oxygens (including phenoxy) is 1. The van der Waals surface area contributed by atoms with Crippen LogP contribution < -0.4 is 16.0 Å². The van der Waals surface area contributed by atoms with Gasteiger partial charge in [0.05, 0.1) is 5.69 Å². The number of rotatable bonds is 4. The molecule has 0 bridgehead atoms. The van der Waals surface area contributed by atoms with Crippen molar-refractivity contribution in [3.8, 4) is 0 Å². The van der Waals surface area contributed by atoms with Gasteiger partial charge in [0.2, 0.25) is 0 Å². The van der Waals surface area contributed by atoms with Gasteiger partial charge in [0, 0.05) is 37.3 Å². The first kappa shape index (κ1) is 21.1. The van der Waals surface area contributed by atoms with Gasteiger partial charge in [-0.1, -0.05) is 30.3 Å². The minimum absolute atomic E-state index is 0.0214. The third-order valence-corrected chi connectivity index (χ3v) is 4.94. The van der Waals surface area contributed by atoms with Crippen molar-refractivity contribution in [2.75, 3.05) is 31.1 Å². The Kier molecular flexibility index (Phi) is 6.51. The number of carbonyl (C=O) groups is 2. The fraction of sp³-hybridized carbons (Fsp3) is 0.286. The molecule has 30 heavy (non-hydrogen) atoms. The number of hydrogen-bond donors (Lipinski definition) is 3. The topological polar surface area (TPSA) is 112 Å². The monoisotopic (exact) mass is 413 g/mol. The van der Waals surface area contributed by atoms with Crippen LogP contribution in [0.5, 0.6) is 0 Å². The minimum atomic E-state index is -0.921. The predicted octanol–water partition coefficient (Wildman–Crippen LogP) is 2.22. The molecule has 0 atom stereocenters. The summed E-state index contributed by atoms with van der Waals surface area (Å²) in [6.07, 6.45) is -0.921. The van der Waals surface area contributed by atoms with Crippen LogP contribution in [-0.4, -0.2) is 49.0 Å². The quantitative estimate of drug-likeness (QED) is 0.526. The molecule has 0 saturated carbocycles. The lowest BCUT2D eigenvalue weighted by molar-refractivity contribution is 0.0746. The van der Waals surface area contributed by atoms with Gasteiger partial charge in [0.15, 0.2) is 11.8 Å². The van der Waals surface area contributed by atoms with Crippen molar-refractivity contribution in [2.45, 2.75) is 13.5 Å². The number of aryl methyl sites for hydroxylation is 1. The normalized spacial score (nSPS) is 13.7. The molecule has 2 aromatic rings. The smallest absolute Gasteiger partial charge is 0.414 e. The summed E-state index contributed by atoms with van der Waals surface area (Å²) in [7, 11) is 0. The van der Waals surface area contributed by atoms with E-state index in [0.717, 1.165) is 5.56 Å². The zero-order valence-corrected chi connectivity index (χ0v) is 16.7. The fourth-order valence-electron chi connectivity index (χ4n) is 3.34. The van der Waals surface area contributed by atoms with E-state index in [1.165, 1.54) is 6.07 Å². The number of benzene rings is 2. The van der Waals surface area contributed by atoms with E-state index in [4.69, 9.17) is 15.9 Å². The lowest BCUT2D eigenvalue weighted by Gasteiger charge is -2.36. The van der Waals surface area contributed by atoms with Gasteiger partial charge < -0.3 is 20.3 Å². The summed E-state index contributed by atoms with van der Waals surface area (Å²) in [5.41, 5.74) is 7.27. The maximum atomic E-state index is 14.9. The number of halogens is 1. The molecule has 9 heteroatoms. The molecular weight excluding hydrogens is 389 g/mol. The standard InChI is InChI=1S/C21H24FN5O3/c1-14-5-2-3-7-16(14)19(28)27-11-9-26(10-12-27)17-8-4-6-15(18(17)22)13-30-21(29)25-20(23)24/h2-8H,9-13H2,1H3,(H4,23,24,25,29). The number of anilines is 1. The molecule has 0 aliphatic carbocycles. The SMILES string of the molecule is Cc1ccccc1C(=O)N1CCN(c2cccc(COC(=O)NC(=N)N)c2F)CC1. The molecule has 8 nitrogen and oxygen atoms in total. The van der Waals surface area contributed by atoms with E-state index in [2.05, 4.69) is 0 Å². The van der Waals surface area contributed by atoms with Crippen LogP contribution in [-0.2, 0) is 11.3 Å². The van der Waals surface area contributed by atoms with Gasteiger partial charge in [-0.2, -0.15) is 0 Å². The number of nitrogens with two attached hydrogens (primary N) is 1. The van der Waals surface area contributed by atoms with Crippen molar-refractivity contribution in [1.29, 1.82) is 5.41 Å². The maximum Gasteiger partial charge on any atom is 0.414 e. The zero-order chi connectivity index (χ0) is 21.7. The molecule has 1 fully saturated rings. The second-order valence-corrected chi connectivity index (χ2v) is 6.96. The molecule has 2 aromatic carbocycles. The molecule has 0 aromatic heterocycles. The lowest BCUT2D eigenvalue weighted by Crippen LogP contribution is -2.49. The van der Waals surface area contributed by atoms with E-state index >= 15 is 0 Å². The Morgan fingerprint density at radius 2 is 1.83 bits per heavy atom. The van der Waals surface area contributed by atoms with Gasteiger partial charge in [-0.15, -0.1) is 0 Å². The van der Waals surface area contributed by atoms with Crippen molar-refractivity contribution in [3.05, 3.63) is 65.0 Å². The molecule has 4 N–H and O–H groups in total. The van der Waals surface area contributed by atoms with Gasteiger partial charge in [-0.05, 0) is 24.6 Å². The number of piperazine rings is 1. The Balaban J connectivity index is 1.63. The number of alkyl carbamates (subject to hydrolysis) is 1. The average molecular weight is 413 g/mol. The first-order chi connectivity index (χ1) is 14.4. The second kappa shape index (κ2) is 9.25. The summed E-state index contributed by atoms with van der Waals surface area (Å²) >= 11 is 0. The van der Waals surface area contributed by atoms with Crippen LogP contribution in [0.2, 0.25) is 0 Å².